The minimum absolute atomic E-state index is 0.132. The fraction of sp³-hybridized carbons (Fsp3) is 0.429. The summed E-state index contributed by atoms with van der Waals surface area (Å²) in [7, 11) is 3.57. The molecule has 0 bridgehead atoms. The Morgan fingerprint density at radius 1 is 1.00 bits per heavy atom. The largest absolute Gasteiger partial charge is 0.497 e. The zero-order valence-electron chi connectivity index (χ0n) is 16.0. The monoisotopic (exact) mass is 375 g/mol. The van der Waals surface area contributed by atoms with Gasteiger partial charge in [0.05, 0.1) is 13.7 Å². The Kier molecular flexibility index (Phi) is 8.91. The van der Waals surface area contributed by atoms with Crippen molar-refractivity contribution in [2.45, 2.75) is 19.1 Å². The Balaban J connectivity index is 1.73. The van der Waals surface area contributed by atoms with Gasteiger partial charge in [-0.3, -0.25) is 4.90 Å². The van der Waals surface area contributed by atoms with Crippen molar-refractivity contribution in [2.75, 3.05) is 40.5 Å². The number of rotatable bonds is 12. The maximum Gasteiger partial charge on any atom is 0.123 e. The highest BCUT2D eigenvalue weighted by Crippen LogP contribution is 2.19. The lowest BCUT2D eigenvalue weighted by molar-refractivity contribution is 0.0743. The van der Waals surface area contributed by atoms with Crippen LogP contribution in [0.25, 0.3) is 0 Å². The summed E-state index contributed by atoms with van der Waals surface area (Å²) in [4.78, 5) is 2.04. The first-order valence-corrected chi connectivity index (χ1v) is 9.06. The van der Waals surface area contributed by atoms with E-state index in [2.05, 4.69) is 0 Å². The summed E-state index contributed by atoms with van der Waals surface area (Å²) in [5, 5.41) is 19.0. The number of ether oxygens (including phenoxy) is 3. The molecule has 0 heterocycles. The van der Waals surface area contributed by atoms with Crippen molar-refractivity contribution in [1.29, 1.82) is 0 Å². The number of nitrogens with zero attached hydrogens (tertiary/aromatic N) is 1. The van der Waals surface area contributed by atoms with Crippen LogP contribution < -0.4 is 14.2 Å². The third-order valence-corrected chi connectivity index (χ3v) is 3.95. The molecule has 6 heteroatoms. The van der Waals surface area contributed by atoms with Gasteiger partial charge < -0.3 is 24.4 Å². The summed E-state index contributed by atoms with van der Waals surface area (Å²) in [6, 6.07) is 15.2. The van der Waals surface area contributed by atoms with Crippen LogP contribution in [0.5, 0.6) is 17.2 Å². The van der Waals surface area contributed by atoms with Gasteiger partial charge in [-0.05, 0) is 36.9 Å². The molecule has 27 heavy (non-hydrogen) atoms. The number of hydrogen-bond donors (Lipinski definition) is 2. The van der Waals surface area contributed by atoms with Gasteiger partial charge in [0.15, 0.2) is 0 Å². The summed E-state index contributed by atoms with van der Waals surface area (Å²) in [6.45, 7) is 2.07. The third kappa shape index (κ3) is 7.86. The first-order chi connectivity index (χ1) is 13.1. The van der Waals surface area contributed by atoms with Crippen molar-refractivity contribution in [3.8, 4) is 17.2 Å². The minimum atomic E-state index is -0.595. The lowest BCUT2D eigenvalue weighted by Crippen LogP contribution is -2.32. The van der Waals surface area contributed by atoms with Crippen molar-refractivity contribution in [2.24, 2.45) is 0 Å². The molecule has 0 aliphatic heterocycles. The molecule has 2 aromatic rings. The van der Waals surface area contributed by atoms with Crippen molar-refractivity contribution < 1.29 is 24.4 Å². The molecule has 0 radical (unpaired) electrons. The highest BCUT2D eigenvalue weighted by Gasteiger charge is 2.10. The number of likely N-dealkylation sites (N-methyl/N-ethyl adjacent to an activating group) is 1. The van der Waals surface area contributed by atoms with E-state index in [0.29, 0.717) is 31.9 Å². The molecule has 2 aromatic carbocycles. The lowest BCUT2D eigenvalue weighted by Gasteiger charge is -2.21. The Labute approximate surface area is 160 Å². The van der Waals surface area contributed by atoms with E-state index >= 15 is 0 Å². The Hall–Kier alpha value is -2.28. The van der Waals surface area contributed by atoms with Gasteiger partial charge in [0, 0.05) is 32.2 Å². The predicted octanol–water partition coefficient (Wildman–Crippen LogP) is 2.33. The summed E-state index contributed by atoms with van der Waals surface area (Å²) in [6.07, 6.45) is 0.0301. The summed E-state index contributed by atoms with van der Waals surface area (Å²) >= 11 is 0. The molecule has 6 nitrogen and oxygen atoms in total. The molecule has 0 amide bonds. The second-order valence-corrected chi connectivity index (χ2v) is 6.41. The fourth-order valence-corrected chi connectivity index (χ4v) is 2.62. The Bertz CT molecular complexity index is 662. The van der Waals surface area contributed by atoms with Crippen LogP contribution in [0, 0.1) is 0 Å². The molecule has 0 aliphatic rings. The van der Waals surface area contributed by atoms with Crippen molar-refractivity contribution in [3.63, 3.8) is 0 Å². The molecule has 2 N–H and O–H groups in total. The van der Waals surface area contributed by atoms with Crippen LogP contribution in [0.4, 0.5) is 0 Å². The van der Waals surface area contributed by atoms with E-state index in [-0.39, 0.29) is 13.2 Å². The van der Waals surface area contributed by atoms with Crippen molar-refractivity contribution in [1.82, 2.24) is 4.90 Å². The summed E-state index contributed by atoms with van der Waals surface area (Å²) in [5.41, 5.74) is 1.13. The zero-order chi connectivity index (χ0) is 19.5. The molecule has 148 valence electrons. The molecule has 0 saturated carbocycles. The molecule has 1 atom stereocenters. The standard InChI is InChI=1S/C21H29NO5/c1-22(14-17-7-9-19(10-8-17)26-12-4-11-23)15-18(24)16-27-21-6-3-5-20(13-21)25-2/h3,5-10,13,18,23-24H,4,11-12,14-16H2,1-2H3. The Morgan fingerprint density at radius 2 is 1.74 bits per heavy atom. The average molecular weight is 375 g/mol. The lowest BCUT2D eigenvalue weighted by atomic mass is 10.2. The second kappa shape index (κ2) is 11.4. The van der Waals surface area contributed by atoms with Gasteiger partial charge in [-0.2, -0.15) is 0 Å². The molecular formula is C21H29NO5. The quantitative estimate of drug-likeness (QED) is 0.555. The SMILES string of the molecule is COc1cccc(OCC(O)CN(C)Cc2ccc(OCCCO)cc2)c1. The normalized spacial score (nSPS) is 12.0. The van der Waals surface area contributed by atoms with Gasteiger partial charge in [0.2, 0.25) is 0 Å². The maximum atomic E-state index is 10.2. The second-order valence-electron chi connectivity index (χ2n) is 6.41. The minimum Gasteiger partial charge on any atom is -0.497 e. The molecule has 0 aliphatic carbocycles. The highest BCUT2D eigenvalue weighted by molar-refractivity contribution is 5.32. The smallest absolute Gasteiger partial charge is 0.123 e. The topological polar surface area (TPSA) is 71.4 Å². The molecule has 0 fully saturated rings. The van der Waals surface area contributed by atoms with E-state index < -0.39 is 6.10 Å². The highest BCUT2D eigenvalue weighted by atomic mass is 16.5. The molecule has 1 unspecified atom stereocenters. The molecular weight excluding hydrogens is 346 g/mol. The molecule has 2 rings (SSSR count). The molecule has 0 saturated heterocycles. The number of aliphatic hydroxyl groups excluding tert-OH is 2. The average Bonchev–Trinajstić information content (AvgIpc) is 2.68. The van der Waals surface area contributed by atoms with Gasteiger partial charge in [-0.25, -0.2) is 0 Å². The molecule has 0 aromatic heterocycles. The number of benzene rings is 2. The maximum absolute atomic E-state index is 10.2. The number of methoxy groups -OCH3 is 1. The van der Waals surface area contributed by atoms with Crippen LogP contribution in [0.15, 0.2) is 48.5 Å². The first-order valence-electron chi connectivity index (χ1n) is 9.06. The van der Waals surface area contributed by atoms with Crippen LogP contribution in [-0.2, 0) is 6.54 Å². The van der Waals surface area contributed by atoms with Crippen LogP contribution >= 0.6 is 0 Å². The van der Waals surface area contributed by atoms with E-state index in [9.17, 15) is 5.11 Å². The number of aliphatic hydroxyl groups is 2. The van der Waals surface area contributed by atoms with Gasteiger partial charge in [-0.1, -0.05) is 18.2 Å². The van der Waals surface area contributed by atoms with Gasteiger partial charge >= 0.3 is 0 Å². The van der Waals surface area contributed by atoms with Gasteiger partial charge in [-0.15, -0.1) is 0 Å². The predicted molar refractivity (Wildman–Crippen MR) is 104 cm³/mol. The van der Waals surface area contributed by atoms with E-state index in [4.69, 9.17) is 19.3 Å². The van der Waals surface area contributed by atoms with Gasteiger partial charge in [0.1, 0.15) is 30.0 Å². The van der Waals surface area contributed by atoms with E-state index in [1.54, 1.807) is 13.2 Å². The van der Waals surface area contributed by atoms with Crippen LogP contribution in [0.3, 0.4) is 0 Å². The molecule has 0 spiro atoms. The number of hydrogen-bond acceptors (Lipinski definition) is 6. The van der Waals surface area contributed by atoms with E-state index in [1.807, 2.05) is 54.4 Å². The van der Waals surface area contributed by atoms with E-state index in [0.717, 1.165) is 17.1 Å². The van der Waals surface area contributed by atoms with Crippen molar-refractivity contribution in [3.05, 3.63) is 54.1 Å². The zero-order valence-corrected chi connectivity index (χ0v) is 16.0. The Morgan fingerprint density at radius 3 is 2.44 bits per heavy atom. The van der Waals surface area contributed by atoms with E-state index in [1.165, 1.54) is 0 Å². The summed E-state index contributed by atoms with van der Waals surface area (Å²) < 4.78 is 16.3. The van der Waals surface area contributed by atoms with Gasteiger partial charge in [0.25, 0.3) is 0 Å². The third-order valence-electron chi connectivity index (χ3n) is 3.95. The van der Waals surface area contributed by atoms with Crippen molar-refractivity contribution >= 4 is 0 Å². The fourth-order valence-electron chi connectivity index (χ4n) is 2.62. The van der Waals surface area contributed by atoms with Crippen LogP contribution in [-0.4, -0.2) is 61.7 Å². The summed E-state index contributed by atoms with van der Waals surface area (Å²) in [5.74, 6) is 2.19. The van der Waals surface area contributed by atoms with Crippen LogP contribution in [0.1, 0.15) is 12.0 Å². The van der Waals surface area contributed by atoms with Crippen LogP contribution in [0.2, 0.25) is 0 Å². The first kappa shape index (κ1) is 21.0.